The summed E-state index contributed by atoms with van der Waals surface area (Å²) in [6.07, 6.45) is 4.67. The summed E-state index contributed by atoms with van der Waals surface area (Å²) in [6.45, 7) is 2.71. The third kappa shape index (κ3) is 6.67. The summed E-state index contributed by atoms with van der Waals surface area (Å²) in [6, 6.07) is 7.48. The van der Waals surface area contributed by atoms with Crippen LogP contribution in [0.2, 0.25) is 0 Å². The van der Waals surface area contributed by atoms with Gasteiger partial charge in [0.15, 0.2) is 0 Å². The zero-order valence-corrected chi connectivity index (χ0v) is 17.6. The van der Waals surface area contributed by atoms with E-state index < -0.39 is 0 Å². The molecule has 0 saturated heterocycles. The molecule has 0 atom stereocenters. The van der Waals surface area contributed by atoms with Crippen LogP contribution in [0, 0.1) is 6.92 Å². The summed E-state index contributed by atoms with van der Waals surface area (Å²) in [5.74, 6) is 1.93. The predicted octanol–water partition coefficient (Wildman–Crippen LogP) is 3.97. The lowest BCUT2D eigenvalue weighted by molar-refractivity contribution is -0.121. The maximum absolute atomic E-state index is 12.0. The summed E-state index contributed by atoms with van der Waals surface area (Å²) >= 11 is 1.70. The second kappa shape index (κ2) is 10.7. The molecule has 0 bridgehead atoms. The van der Waals surface area contributed by atoms with Crippen LogP contribution in [0.25, 0.3) is 11.4 Å². The Hall–Kier alpha value is -2.74. The second-order valence-electron chi connectivity index (χ2n) is 6.78. The van der Waals surface area contributed by atoms with E-state index in [-0.39, 0.29) is 5.91 Å². The predicted molar refractivity (Wildman–Crippen MR) is 112 cm³/mol. The number of unbranched alkanes of at least 4 members (excludes halogenated alkanes) is 1. The zero-order valence-electron chi connectivity index (χ0n) is 16.8. The number of hydrogen-bond donors (Lipinski definition) is 1. The summed E-state index contributed by atoms with van der Waals surface area (Å²) in [5.41, 5.74) is 1.95. The Balaban J connectivity index is 1.30. The van der Waals surface area contributed by atoms with Crippen LogP contribution in [0.3, 0.4) is 0 Å². The van der Waals surface area contributed by atoms with Crippen LogP contribution < -0.4 is 10.1 Å². The number of nitrogens with one attached hydrogen (secondary N) is 1. The van der Waals surface area contributed by atoms with Crippen molar-refractivity contribution in [2.24, 2.45) is 0 Å². The molecule has 2 heterocycles. The molecule has 0 fully saturated rings. The number of carbonyl (C=O) groups excluding carboxylic acids is 1. The van der Waals surface area contributed by atoms with Gasteiger partial charge in [-0.2, -0.15) is 4.98 Å². The molecule has 29 heavy (non-hydrogen) atoms. The first-order valence-corrected chi connectivity index (χ1v) is 10.7. The number of aromatic nitrogens is 3. The van der Waals surface area contributed by atoms with Crippen LogP contribution in [0.5, 0.6) is 5.75 Å². The van der Waals surface area contributed by atoms with Crippen LogP contribution in [0.1, 0.15) is 42.3 Å². The minimum absolute atomic E-state index is 0.0602. The van der Waals surface area contributed by atoms with Gasteiger partial charge in [0.2, 0.25) is 17.6 Å². The Morgan fingerprint density at radius 3 is 2.69 bits per heavy atom. The Labute approximate surface area is 174 Å². The number of ether oxygens (including phenoxy) is 1. The maximum Gasteiger partial charge on any atom is 0.226 e. The molecule has 1 N–H and O–H groups in total. The summed E-state index contributed by atoms with van der Waals surface area (Å²) < 4.78 is 10.4. The van der Waals surface area contributed by atoms with Crippen molar-refractivity contribution >= 4 is 17.2 Å². The highest BCUT2D eigenvalue weighted by atomic mass is 32.1. The highest BCUT2D eigenvalue weighted by Gasteiger charge is 2.10. The molecular weight excluding hydrogens is 388 g/mol. The summed E-state index contributed by atoms with van der Waals surface area (Å²) in [7, 11) is 1.63. The molecule has 3 aromatic rings. The molecule has 0 unspecified atom stereocenters. The zero-order chi connectivity index (χ0) is 20.5. The number of amides is 1. The lowest BCUT2D eigenvalue weighted by Crippen LogP contribution is -2.24. The van der Waals surface area contributed by atoms with Gasteiger partial charge in [-0.15, -0.1) is 11.3 Å². The van der Waals surface area contributed by atoms with Gasteiger partial charge in [-0.25, -0.2) is 4.98 Å². The lowest BCUT2D eigenvalue weighted by Gasteiger charge is -2.04. The van der Waals surface area contributed by atoms with Crippen LogP contribution in [0.15, 0.2) is 34.2 Å². The molecule has 154 valence electrons. The fourth-order valence-electron chi connectivity index (χ4n) is 2.85. The molecule has 0 saturated carbocycles. The molecular formula is C21H26N4O3S. The van der Waals surface area contributed by atoms with E-state index in [1.165, 1.54) is 5.01 Å². The average Bonchev–Trinajstić information content (AvgIpc) is 3.37. The topological polar surface area (TPSA) is 90.1 Å². The molecule has 7 nitrogen and oxygen atoms in total. The van der Waals surface area contributed by atoms with Crippen LogP contribution >= 0.6 is 11.3 Å². The van der Waals surface area contributed by atoms with Gasteiger partial charge < -0.3 is 14.6 Å². The third-order valence-electron chi connectivity index (χ3n) is 4.42. The third-order valence-corrected chi connectivity index (χ3v) is 5.44. The van der Waals surface area contributed by atoms with Gasteiger partial charge in [0.25, 0.3) is 0 Å². The van der Waals surface area contributed by atoms with Crippen LogP contribution in [0.4, 0.5) is 0 Å². The molecule has 3 rings (SSSR count). The van der Waals surface area contributed by atoms with Gasteiger partial charge in [0, 0.05) is 36.0 Å². The smallest absolute Gasteiger partial charge is 0.226 e. The van der Waals surface area contributed by atoms with E-state index in [2.05, 4.69) is 25.8 Å². The Bertz CT molecular complexity index is 905. The van der Waals surface area contributed by atoms with Crippen molar-refractivity contribution in [3.05, 3.63) is 46.2 Å². The van der Waals surface area contributed by atoms with E-state index in [9.17, 15) is 4.79 Å². The summed E-state index contributed by atoms with van der Waals surface area (Å²) in [5, 5.41) is 10.2. The normalized spacial score (nSPS) is 10.8. The van der Waals surface area contributed by atoms with Gasteiger partial charge in [-0.1, -0.05) is 5.16 Å². The van der Waals surface area contributed by atoms with Crippen molar-refractivity contribution in [2.45, 2.75) is 45.4 Å². The first kappa shape index (κ1) is 21.0. The van der Waals surface area contributed by atoms with E-state index in [0.717, 1.165) is 36.3 Å². The van der Waals surface area contributed by atoms with Crippen molar-refractivity contribution < 1.29 is 14.1 Å². The average molecular weight is 415 g/mol. The minimum Gasteiger partial charge on any atom is -0.497 e. The van der Waals surface area contributed by atoms with Gasteiger partial charge in [-0.05, 0) is 56.9 Å². The molecule has 1 amide bonds. The number of carbonyl (C=O) groups is 1. The van der Waals surface area contributed by atoms with Crippen molar-refractivity contribution in [2.75, 3.05) is 13.7 Å². The first-order valence-electron chi connectivity index (χ1n) is 9.79. The molecule has 0 aliphatic carbocycles. The van der Waals surface area contributed by atoms with E-state index in [4.69, 9.17) is 9.26 Å². The number of benzene rings is 1. The fraction of sp³-hybridized carbons (Fsp3) is 0.429. The number of nitrogens with zero attached hydrogens (tertiary/aromatic N) is 3. The Morgan fingerprint density at radius 1 is 1.14 bits per heavy atom. The van der Waals surface area contributed by atoms with Crippen molar-refractivity contribution in [3.8, 4) is 17.1 Å². The number of thiazole rings is 1. The molecule has 1 aromatic carbocycles. The van der Waals surface area contributed by atoms with Gasteiger partial charge in [-0.3, -0.25) is 4.79 Å². The van der Waals surface area contributed by atoms with E-state index in [1.54, 1.807) is 18.4 Å². The highest BCUT2D eigenvalue weighted by Crippen LogP contribution is 2.20. The SMILES string of the molecule is COc1ccc(-c2noc(CCCC(=O)NCCCCc3nc(C)cs3)n2)cc1. The van der Waals surface area contributed by atoms with E-state index in [0.29, 0.717) is 37.5 Å². The largest absolute Gasteiger partial charge is 0.497 e. The Kier molecular flexibility index (Phi) is 7.75. The number of aryl methyl sites for hydroxylation is 3. The van der Waals surface area contributed by atoms with Crippen molar-refractivity contribution in [3.63, 3.8) is 0 Å². The lowest BCUT2D eigenvalue weighted by atomic mass is 10.2. The minimum atomic E-state index is 0.0602. The quantitative estimate of drug-likeness (QED) is 0.478. The molecule has 8 heteroatoms. The number of methoxy groups -OCH3 is 1. The molecule has 0 aliphatic heterocycles. The van der Waals surface area contributed by atoms with E-state index >= 15 is 0 Å². The fourth-order valence-corrected chi connectivity index (χ4v) is 3.67. The molecule has 0 spiro atoms. The monoisotopic (exact) mass is 414 g/mol. The van der Waals surface area contributed by atoms with Crippen LogP contribution in [-0.2, 0) is 17.6 Å². The number of rotatable bonds is 11. The maximum atomic E-state index is 12.0. The van der Waals surface area contributed by atoms with Gasteiger partial charge >= 0.3 is 0 Å². The van der Waals surface area contributed by atoms with Crippen LogP contribution in [-0.4, -0.2) is 34.7 Å². The second-order valence-corrected chi connectivity index (χ2v) is 7.73. The Morgan fingerprint density at radius 2 is 1.97 bits per heavy atom. The van der Waals surface area contributed by atoms with Gasteiger partial charge in [0.05, 0.1) is 12.1 Å². The molecule has 0 radical (unpaired) electrons. The van der Waals surface area contributed by atoms with E-state index in [1.807, 2.05) is 31.2 Å². The van der Waals surface area contributed by atoms with Gasteiger partial charge in [0.1, 0.15) is 5.75 Å². The molecule has 2 aromatic heterocycles. The highest BCUT2D eigenvalue weighted by molar-refractivity contribution is 7.09. The number of hydrogen-bond acceptors (Lipinski definition) is 7. The molecule has 0 aliphatic rings. The van der Waals surface area contributed by atoms with Crippen molar-refractivity contribution in [1.82, 2.24) is 20.4 Å². The summed E-state index contributed by atoms with van der Waals surface area (Å²) in [4.78, 5) is 20.8. The standard InChI is InChI=1S/C21H26N4O3S/c1-15-14-29-20(23-15)8-3-4-13-22-18(26)6-5-7-19-24-21(25-28-19)16-9-11-17(27-2)12-10-16/h9-12,14H,3-8,13H2,1-2H3,(H,22,26). The van der Waals surface area contributed by atoms with Crippen molar-refractivity contribution in [1.29, 1.82) is 0 Å². The first-order chi connectivity index (χ1) is 14.1.